The predicted octanol–water partition coefficient (Wildman–Crippen LogP) is 3.68. The minimum absolute atomic E-state index is 0.0921. The fourth-order valence-corrected chi connectivity index (χ4v) is 3.32. The van der Waals surface area contributed by atoms with Gasteiger partial charge in [-0.25, -0.2) is 0 Å². The Bertz CT molecular complexity index is 441. The number of halogens is 2. The Morgan fingerprint density at radius 2 is 2.35 bits per heavy atom. The Hall–Kier alpha value is -0.190. The lowest BCUT2D eigenvalue weighted by Crippen LogP contribution is -2.41. The molecule has 0 saturated carbocycles. The third-order valence-corrected chi connectivity index (χ3v) is 5.05. The van der Waals surface area contributed by atoms with Crippen LogP contribution in [0.2, 0.25) is 5.02 Å². The second kappa shape index (κ2) is 5.63. The molecule has 2 rings (SSSR count). The molecule has 1 unspecified atom stereocenters. The Kier molecular flexibility index (Phi) is 4.39. The van der Waals surface area contributed by atoms with Crippen LogP contribution in [-0.2, 0) is 0 Å². The average Bonchev–Trinajstić information content (AvgIpc) is 2.32. The summed E-state index contributed by atoms with van der Waals surface area (Å²) in [6.45, 7) is 3.81. The zero-order valence-corrected chi connectivity index (χ0v) is 12.6. The van der Waals surface area contributed by atoms with Crippen molar-refractivity contribution in [1.29, 1.82) is 0 Å². The SMILES string of the molecule is CC1CN(C(=O)c2ccc(Cl)c(Br)c2)CCS1. The van der Waals surface area contributed by atoms with Crippen molar-refractivity contribution >= 4 is 45.2 Å². The number of benzene rings is 1. The molecule has 1 aromatic carbocycles. The van der Waals surface area contributed by atoms with Crippen molar-refractivity contribution in [2.45, 2.75) is 12.2 Å². The van der Waals surface area contributed by atoms with Crippen LogP contribution in [0.4, 0.5) is 0 Å². The quantitative estimate of drug-likeness (QED) is 0.781. The molecule has 0 aromatic heterocycles. The van der Waals surface area contributed by atoms with E-state index in [-0.39, 0.29) is 5.91 Å². The molecule has 0 radical (unpaired) electrons. The lowest BCUT2D eigenvalue weighted by atomic mass is 10.2. The van der Waals surface area contributed by atoms with E-state index < -0.39 is 0 Å². The van der Waals surface area contributed by atoms with Crippen LogP contribution in [-0.4, -0.2) is 34.9 Å². The van der Waals surface area contributed by atoms with Crippen molar-refractivity contribution in [3.8, 4) is 0 Å². The van der Waals surface area contributed by atoms with Gasteiger partial charge < -0.3 is 4.90 Å². The number of carbonyl (C=O) groups excluding carboxylic acids is 1. The van der Waals surface area contributed by atoms with E-state index in [2.05, 4.69) is 22.9 Å². The average molecular weight is 335 g/mol. The zero-order valence-electron chi connectivity index (χ0n) is 9.45. The van der Waals surface area contributed by atoms with Crippen LogP contribution in [0, 0.1) is 0 Å². The van der Waals surface area contributed by atoms with E-state index in [0.717, 1.165) is 23.3 Å². The molecular formula is C12H13BrClNOS. The highest BCUT2D eigenvalue weighted by atomic mass is 79.9. The van der Waals surface area contributed by atoms with Gasteiger partial charge in [0.1, 0.15) is 0 Å². The van der Waals surface area contributed by atoms with Gasteiger partial charge in [0.05, 0.1) is 5.02 Å². The molecule has 0 spiro atoms. The van der Waals surface area contributed by atoms with Gasteiger partial charge in [-0.15, -0.1) is 0 Å². The summed E-state index contributed by atoms with van der Waals surface area (Å²) in [4.78, 5) is 14.2. The van der Waals surface area contributed by atoms with Gasteiger partial charge in [-0.3, -0.25) is 4.79 Å². The summed E-state index contributed by atoms with van der Waals surface area (Å²) in [5.74, 6) is 1.11. The van der Waals surface area contributed by atoms with E-state index >= 15 is 0 Å². The molecule has 1 amide bonds. The van der Waals surface area contributed by atoms with Gasteiger partial charge in [0.15, 0.2) is 0 Å². The van der Waals surface area contributed by atoms with Crippen LogP contribution in [0.3, 0.4) is 0 Å². The lowest BCUT2D eigenvalue weighted by molar-refractivity contribution is 0.0763. The third-order valence-electron chi connectivity index (χ3n) is 2.69. The molecule has 0 bridgehead atoms. The molecule has 1 aromatic rings. The van der Waals surface area contributed by atoms with Crippen LogP contribution in [0.5, 0.6) is 0 Å². The van der Waals surface area contributed by atoms with Crippen LogP contribution in [0.25, 0.3) is 0 Å². The van der Waals surface area contributed by atoms with Crippen molar-refractivity contribution in [3.63, 3.8) is 0 Å². The Morgan fingerprint density at radius 3 is 3.00 bits per heavy atom. The molecule has 92 valence electrons. The van der Waals surface area contributed by atoms with Crippen LogP contribution in [0.1, 0.15) is 17.3 Å². The van der Waals surface area contributed by atoms with Crippen molar-refractivity contribution in [1.82, 2.24) is 4.90 Å². The van der Waals surface area contributed by atoms with Gasteiger partial charge in [-0.1, -0.05) is 18.5 Å². The fraction of sp³-hybridized carbons (Fsp3) is 0.417. The van der Waals surface area contributed by atoms with Crippen molar-refractivity contribution < 1.29 is 4.79 Å². The first-order valence-corrected chi connectivity index (χ1v) is 7.66. The number of amides is 1. The molecule has 1 aliphatic heterocycles. The van der Waals surface area contributed by atoms with Crippen molar-refractivity contribution in [2.75, 3.05) is 18.8 Å². The summed E-state index contributed by atoms with van der Waals surface area (Å²) in [5, 5.41) is 1.15. The maximum absolute atomic E-state index is 12.3. The number of hydrogen-bond acceptors (Lipinski definition) is 2. The first-order chi connectivity index (χ1) is 8.08. The largest absolute Gasteiger partial charge is 0.337 e. The van der Waals surface area contributed by atoms with Crippen molar-refractivity contribution in [2.24, 2.45) is 0 Å². The summed E-state index contributed by atoms with van der Waals surface area (Å²) in [7, 11) is 0. The van der Waals surface area contributed by atoms with E-state index in [1.165, 1.54) is 0 Å². The molecule has 1 fully saturated rings. The lowest BCUT2D eigenvalue weighted by Gasteiger charge is -2.30. The molecule has 17 heavy (non-hydrogen) atoms. The fourth-order valence-electron chi connectivity index (χ4n) is 1.81. The van der Waals surface area contributed by atoms with Crippen LogP contribution < -0.4 is 0 Å². The number of carbonyl (C=O) groups is 1. The normalized spacial score (nSPS) is 20.4. The smallest absolute Gasteiger partial charge is 0.253 e. The Labute approximate surface area is 119 Å². The molecule has 5 heteroatoms. The number of rotatable bonds is 1. The monoisotopic (exact) mass is 333 g/mol. The standard InChI is InChI=1S/C12H13BrClNOS/c1-8-7-15(4-5-17-8)12(16)9-2-3-11(14)10(13)6-9/h2-3,6,8H,4-5,7H2,1H3. The van der Waals surface area contributed by atoms with Crippen LogP contribution in [0.15, 0.2) is 22.7 Å². The predicted molar refractivity (Wildman–Crippen MR) is 77.0 cm³/mol. The highest BCUT2D eigenvalue weighted by Crippen LogP contribution is 2.25. The molecule has 1 saturated heterocycles. The highest BCUT2D eigenvalue weighted by molar-refractivity contribution is 9.10. The van der Waals surface area contributed by atoms with Gasteiger partial charge >= 0.3 is 0 Å². The van der Waals surface area contributed by atoms with Crippen LogP contribution >= 0.6 is 39.3 Å². The number of thioether (sulfide) groups is 1. The van der Waals surface area contributed by atoms with Gasteiger partial charge in [-0.05, 0) is 34.1 Å². The molecule has 1 aliphatic rings. The molecule has 0 N–H and O–H groups in total. The minimum Gasteiger partial charge on any atom is -0.337 e. The second-order valence-electron chi connectivity index (χ2n) is 4.06. The first kappa shape index (κ1) is 13.2. The van der Waals surface area contributed by atoms with E-state index in [9.17, 15) is 4.79 Å². The molecule has 2 nitrogen and oxygen atoms in total. The minimum atomic E-state index is 0.0921. The molecule has 0 aliphatic carbocycles. The second-order valence-corrected chi connectivity index (χ2v) is 6.87. The maximum atomic E-state index is 12.3. The molecule has 1 heterocycles. The number of hydrogen-bond donors (Lipinski definition) is 0. The van der Waals surface area contributed by atoms with Gasteiger partial charge in [0, 0.05) is 34.1 Å². The molecular weight excluding hydrogens is 322 g/mol. The van der Waals surface area contributed by atoms with Gasteiger partial charge in [0.25, 0.3) is 5.91 Å². The highest BCUT2D eigenvalue weighted by Gasteiger charge is 2.22. The van der Waals surface area contributed by atoms with Gasteiger partial charge in [-0.2, -0.15) is 11.8 Å². The van der Waals surface area contributed by atoms with E-state index in [1.54, 1.807) is 18.2 Å². The van der Waals surface area contributed by atoms with E-state index in [1.807, 2.05) is 16.7 Å². The van der Waals surface area contributed by atoms with Gasteiger partial charge in [0.2, 0.25) is 0 Å². The zero-order chi connectivity index (χ0) is 12.4. The molecule has 1 atom stereocenters. The number of nitrogens with zero attached hydrogens (tertiary/aromatic N) is 1. The summed E-state index contributed by atoms with van der Waals surface area (Å²) < 4.78 is 0.768. The van der Waals surface area contributed by atoms with Crippen molar-refractivity contribution in [3.05, 3.63) is 33.3 Å². The summed E-state index contributed by atoms with van der Waals surface area (Å²) in [5.41, 5.74) is 0.695. The topological polar surface area (TPSA) is 20.3 Å². The Morgan fingerprint density at radius 1 is 1.59 bits per heavy atom. The summed E-state index contributed by atoms with van der Waals surface area (Å²) in [6, 6.07) is 5.32. The maximum Gasteiger partial charge on any atom is 0.253 e. The van der Waals surface area contributed by atoms with E-state index in [4.69, 9.17) is 11.6 Å². The van der Waals surface area contributed by atoms with E-state index in [0.29, 0.717) is 15.8 Å². The Balaban J connectivity index is 2.15. The summed E-state index contributed by atoms with van der Waals surface area (Å²) in [6.07, 6.45) is 0. The summed E-state index contributed by atoms with van der Waals surface area (Å²) >= 11 is 11.2. The first-order valence-electron chi connectivity index (χ1n) is 5.44. The third kappa shape index (κ3) is 3.18.